The third-order valence-corrected chi connectivity index (χ3v) is 6.05. The van der Waals surface area contributed by atoms with Gasteiger partial charge in [0.05, 0.1) is 5.75 Å². The summed E-state index contributed by atoms with van der Waals surface area (Å²) in [6.45, 7) is 7.92. The molecule has 0 spiro atoms. The van der Waals surface area contributed by atoms with Gasteiger partial charge in [-0.1, -0.05) is 30.7 Å². The average molecular weight is 330 g/mol. The Kier molecular flexibility index (Phi) is 5.25. The Morgan fingerprint density at radius 3 is 2.68 bits per heavy atom. The number of carbonyl (C=O) groups excluding carboxylic acids is 1. The Balaban J connectivity index is 2.21. The SMILES string of the molecule is C=C(CC)/C(C=O)=C1\CC2C=C(C)C1CC2SCC(F)(F)F. The van der Waals surface area contributed by atoms with Gasteiger partial charge >= 0.3 is 6.18 Å². The highest BCUT2D eigenvalue weighted by Gasteiger charge is 2.41. The maximum atomic E-state index is 12.4. The highest BCUT2D eigenvalue weighted by molar-refractivity contribution is 8.00. The van der Waals surface area contributed by atoms with Crippen molar-refractivity contribution in [2.45, 2.75) is 44.5 Å². The highest BCUT2D eigenvalue weighted by Crippen LogP contribution is 2.50. The Hall–Kier alpha value is -0.970. The molecule has 0 N–H and O–H groups in total. The number of allylic oxidation sites excluding steroid dienone is 5. The van der Waals surface area contributed by atoms with E-state index in [1.165, 1.54) is 5.57 Å². The van der Waals surface area contributed by atoms with Crippen molar-refractivity contribution in [2.24, 2.45) is 11.8 Å². The van der Waals surface area contributed by atoms with Gasteiger partial charge in [-0.2, -0.15) is 13.2 Å². The highest BCUT2D eigenvalue weighted by atomic mass is 32.2. The number of thioether (sulfide) groups is 1. The van der Waals surface area contributed by atoms with Crippen molar-refractivity contribution in [2.75, 3.05) is 5.75 Å². The zero-order valence-electron chi connectivity index (χ0n) is 12.9. The van der Waals surface area contributed by atoms with Gasteiger partial charge in [-0.05, 0) is 37.7 Å². The van der Waals surface area contributed by atoms with Gasteiger partial charge in [-0.15, -0.1) is 11.8 Å². The summed E-state index contributed by atoms with van der Waals surface area (Å²) in [5.41, 5.74) is 3.77. The van der Waals surface area contributed by atoms with Gasteiger partial charge in [0.25, 0.3) is 0 Å². The zero-order chi connectivity index (χ0) is 16.5. The molecule has 3 unspecified atom stereocenters. The smallest absolute Gasteiger partial charge is 0.298 e. The summed E-state index contributed by atoms with van der Waals surface area (Å²) in [5.74, 6) is -0.610. The van der Waals surface area contributed by atoms with Crippen molar-refractivity contribution >= 4 is 18.0 Å². The Bertz CT molecular complexity index is 531. The maximum Gasteiger partial charge on any atom is 0.397 e. The lowest BCUT2D eigenvalue weighted by Gasteiger charge is -2.43. The predicted molar refractivity (Wildman–Crippen MR) is 84.8 cm³/mol. The van der Waals surface area contributed by atoms with E-state index < -0.39 is 11.9 Å². The Morgan fingerprint density at radius 1 is 1.50 bits per heavy atom. The van der Waals surface area contributed by atoms with Crippen LogP contribution in [0.4, 0.5) is 13.2 Å². The van der Waals surface area contributed by atoms with Crippen LogP contribution in [0.5, 0.6) is 0 Å². The zero-order valence-corrected chi connectivity index (χ0v) is 13.7. The molecule has 0 aromatic rings. The molecule has 3 rings (SSSR count). The van der Waals surface area contributed by atoms with Crippen LogP contribution in [0.15, 0.2) is 34.9 Å². The third kappa shape index (κ3) is 3.67. The minimum absolute atomic E-state index is 0.0122. The van der Waals surface area contributed by atoms with E-state index in [9.17, 15) is 18.0 Å². The molecule has 3 atom stereocenters. The summed E-state index contributed by atoms with van der Waals surface area (Å²) in [6.07, 6.45) is 0.936. The van der Waals surface area contributed by atoms with Crippen LogP contribution in [0, 0.1) is 11.8 Å². The fourth-order valence-corrected chi connectivity index (χ4v) is 4.58. The molecule has 0 radical (unpaired) electrons. The van der Waals surface area contributed by atoms with Crippen molar-refractivity contribution in [3.8, 4) is 0 Å². The standard InChI is InChI=1S/C17H21F3OS/c1-4-10(2)15(8-21)14-6-12-5-11(3)13(14)7-16(12)22-9-17(18,19)20/h5,8,12-13,16H,2,4,6-7,9H2,1,3H3/b15-14+. The van der Waals surface area contributed by atoms with Crippen molar-refractivity contribution in [3.05, 3.63) is 34.9 Å². The number of fused-ring (bicyclic) bond motifs is 2. The molecule has 0 aliphatic heterocycles. The monoisotopic (exact) mass is 330 g/mol. The molecule has 5 heteroatoms. The second-order valence-electron chi connectivity index (χ2n) is 6.05. The van der Waals surface area contributed by atoms with Gasteiger partial charge in [0.1, 0.15) is 6.29 Å². The van der Waals surface area contributed by atoms with Gasteiger partial charge in [0, 0.05) is 16.7 Å². The number of aldehydes is 1. The van der Waals surface area contributed by atoms with E-state index in [4.69, 9.17) is 0 Å². The lowest BCUT2D eigenvalue weighted by molar-refractivity contribution is -0.105. The van der Waals surface area contributed by atoms with Crippen molar-refractivity contribution in [1.82, 2.24) is 0 Å². The molecule has 0 amide bonds. The number of hydrogen-bond acceptors (Lipinski definition) is 2. The minimum Gasteiger partial charge on any atom is -0.298 e. The molecule has 1 saturated carbocycles. The van der Waals surface area contributed by atoms with Crippen LogP contribution >= 0.6 is 11.8 Å². The van der Waals surface area contributed by atoms with Crippen molar-refractivity contribution in [3.63, 3.8) is 0 Å². The molecule has 0 heterocycles. The maximum absolute atomic E-state index is 12.4. The van der Waals surface area contributed by atoms with Gasteiger partial charge in [-0.25, -0.2) is 0 Å². The lowest BCUT2D eigenvalue weighted by Crippen LogP contribution is -2.35. The topological polar surface area (TPSA) is 17.1 Å². The van der Waals surface area contributed by atoms with E-state index in [1.807, 2.05) is 13.8 Å². The molecule has 22 heavy (non-hydrogen) atoms. The van der Waals surface area contributed by atoms with Gasteiger partial charge in [-0.3, -0.25) is 4.79 Å². The second-order valence-corrected chi connectivity index (χ2v) is 7.27. The summed E-state index contributed by atoms with van der Waals surface area (Å²) >= 11 is 1.00. The fraction of sp³-hybridized carbons (Fsp3) is 0.588. The number of rotatable bonds is 5. The molecule has 2 bridgehead atoms. The van der Waals surface area contributed by atoms with E-state index >= 15 is 0 Å². The van der Waals surface area contributed by atoms with Gasteiger partial charge in [0.15, 0.2) is 0 Å². The normalized spacial score (nSPS) is 30.0. The summed E-state index contributed by atoms with van der Waals surface area (Å²) < 4.78 is 37.3. The van der Waals surface area contributed by atoms with Crippen LogP contribution in [0.3, 0.4) is 0 Å². The van der Waals surface area contributed by atoms with Crippen LogP contribution in [0.25, 0.3) is 0 Å². The van der Waals surface area contributed by atoms with E-state index in [1.54, 1.807) is 0 Å². The molecule has 122 valence electrons. The van der Waals surface area contributed by atoms with Crippen molar-refractivity contribution < 1.29 is 18.0 Å². The molecule has 1 fully saturated rings. The molecule has 1 nitrogen and oxygen atoms in total. The van der Waals surface area contributed by atoms with Gasteiger partial charge < -0.3 is 0 Å². The molecule has 0 aromatic heterocycles. The minimum atomic E-state index is -4.12. The van der Waals surface area contributed by atoms with Crippen LogP contribution in [0.2, 0.25) is 0 Å². The second kappa shape index (κ2) is 6.65. The molecule has 0 aromatic carbocycles. The Labute approximate surface area is 133 Å². The van der Waals surface area contributed by atoms with E-state index in [-0.39, 0.29) is 17.1 Å². The average Bonchev–Trinajstić information content (AvgIpc) is 2.45. The first-order valence-corrected chi connectivity index (χ1v) is 8.54. The van der Waals surface area contributed by atoms with Crippen LogP contribution < -0.4 is 0 Å². The number of carbonyl (C=O) groups is 1. The van der Waals surface area contributed by atoms with Crippen molar-refractivity contribution in [1.29, 1.82) is 0 Å². The van der Waals surface area contributed by atoms with Gasteiger partial charge in [0.2, 0.25) is 0 Å². The van der Waals surface area contributed by atoms with Crippen LogP contribution in [0.1, 0.15) is 33.1 Å². The first kappa shape index (κ1) is 17.4. The first-order valence-electron chi connectivity index (χ1n) is 7.49. The van der Waals surface area contributed by atoms with Crippen LogP contribution in [-0.4, -0.2) is 23.5 Å². The summed E-state index contributed by atoms with van der Waals surface area (Å²) in [4.78, 5) is 11.4. The van der Waals surface area contributed by atoms with E-state index in [2.05, 4.69) is 12.7 Å². The van der Waals surface area contributed by atoms with Crippen LogP contribution in [-0.2, 0) is 4.79 Å². The molecular formula is C17H21F3OS. The number of alkyl halides is 3. The number of hydrogen-bond donors (Lipinski definition) is 0. The summed E-state index contributed by atoms with van der Waals surface area (Å²) in [7, 11) is 0. The lowest BCUT2D eigenvalue weighted by atomic mass is 9.67. The third-order valence-electron chi connectivity index (χ3n) is 4.58. The molecular weight excluding hydrogens is 309 g/mol. The molecule has 0 saturated heterocycles. The molecule has 3 aliphatic carbocycles. The van der Waals surface area contributed by atoms with E-state index in [0.717, 1.165) is 29.2 Å². The summed E-state index contributed by atoms with van der Waals surface area (Å²) in [6, 6.07) is 0. The van der Waals surface area contributed by atoms with E-state index in [0.29, 0.717) is 24.8 Å². The largest absolute Gasteiger partial charge is 0.397 e. The fourth-order valence-electron chi connectivity index (χ4n) is 3.43. The quantitative estimate of drug-likeness (QED) is 0.396. The summed E-state index contributed by atoms with van der Waals surface area (Å²) in [5, 5.41) is -0.0122. The Morgan fingerprint density at radius 2 is 2.18 bits per heavy atom. The predicted octanol–water partition coefficient (Wildman–Crippen LogP) is 5.10. The molecule has 3 aliphatic rings. The first-order chi connectivity index (χ1) is 10.3. The number of halogens is 3.